The Labute approximate surface area is 99.7 Å². The van der Waals surface area contributed by atoms with Gasteiger partial charge in [-0.15, -0.1) is 0 Å². The topological polar surface area (TPSA) is 44.5 Å². The van der Waals surface area contributed by atoms with E-state index in [4.69, 9.17) is 15.2 Å². The first-order valence-electron chi connectivity index (χ1n) is 6.52. The molecule has 96 valence electrons. The summed E-state index contributed by atoms with van der Waals surface area (Å²) in [7, 11) is 1.72. The van der Waals surface area contributed by atoms with Crippen molar-refractivity contribution in [3.63, 3.8) is 0 Å². The Morgan fingerprint density at radius 2 is 1.88 bits per heavy atom. The van der Waals surface area contributed by atoms with E-state index in [0.29, 0.717) is 0 Å². The zero-order chi connectivity index (χ0) is 11.9. The van der Waals surface area contributed by atoms with Gasteiger partial charge in [0, 0.05) is 32.5 Å². The van der Waals surface area contributed by atoms with E-state index in [1.165, 1.54) is 12.8 Å². The van der Waals surface area contributed by atoms with Crippen LogP contribution in [0.4, 0.5) is 0 Å². The monoisotopic (exact) mass is 229 g/mol. The highest BCUT2D eigenvalue weighted by molar-refractivity contribution is 4.88. The van der Waals surface area contributed by atoms with Crippen LogP contribution in [-0.2, 0) is 9.47 Å². The molecular weight excluding hydrogens is 202 g/mol. The number of ether oxygens (including phenoxy) is 2. The summed E-state index contributed by atoms with van der Waals surface area (Å²) in [4.78, 5) is 0. The molecule has 0 aliphatic heterocycles. The van der Waals surface area contributed by atoms with Crippen molar-refractivity contribution in [3.8, 4) is 0 Å². The van der Waals surface area contributed by atoms with E-state index >= 15 is 0 Å². The zero-order valence-electron chi connectivity index (χ0n) is 10.8. The van der Waals surface area contributed by atoms with Crippen LogP contribution in [0.5, 0.6) is 0 Å². The van der Waals surface area contributed by atoms with Crippen molar-refractivity contribution in [2.75, 3.05) is 26.9 Å². The van der Waals surface area contributed by atoms with Crippen molar-refractivity contribution in [3.05, 3.63) is 0 Å². The second kappa shape index (κ2) is 7.25. The van der Waals surface area contributed by atoms with Gasteiger partial charge in [-0.25, -0.2) is 0 Å². The van der Waals surface area contributed by atoms with Crippen molar-refractivity contribution < 1.29 is 9.47 Å². The average molecular weight is 229 g/mol. The zero-order valence-corrected chi connectivity index (χ0v) is 10.8. The van der Waals surface area contributed by atoms with Crippen LogP contribution in [0.1, 0.15) is 45.4 Å². The van der Waals surface area contributed by atoms with Crippen molar-refractivity contribution in [1.82, 2.24) is 0 Å². The minimum absolute atomic E-state index is 0.0494. The Morgan fingerprint density at radius 1 is 1.19 bits per heavy atom. The minimum Gasteiger partial charge on any atom is -0.385 e. The fourth-order valence-electron chi connectivity index (χ4n) is 2.27. The summed E-state index contributed by atoms with van der Waals surface area (Å²) in [6.07, 6.45) is 6.86. The summed E-state index contributed by atoms with van der Waals surface area (Å²) in [6.45, 7) is 4.70. The van der Waals surface area contributed by atoms with Gasteiger partial charge >= 0.3 is 0 Å². The van der Waals surface area contributed by atoms with Gasteiger partial charge in [0.2, 0.25) is 0 Å². The lowest BCUT2D eigenvalue weighted by Gasteiger charge is -2.36. The molecule has 0 spiro atoms. The quantitative estimate of drug-likeness (QED) is 0.681. The number of methoxy groups -OCH3 is 1. The lowest BCUT2D eigenvalue weighted by molar-refractivity contribution is 0.0817. The molecule has 0 aromatic rings. The van der Waals surface area contributed by atoms with Gasteiger partial charge in [-0.1, -0.05) is 6.92 Å². The Bertz CT molecular complexity index is 177. The van der Waals surface area contributed by atoms with Gasteiger partial charge < -0.3 is 15.2 Å². The highest BCUT2D eigenvalue weighted by Gasteiger charge is 2.29. The highest BCUT2D eigenvalue weighted by Crippen LogP contribution is 2.32. The molecule has 1 aliphatic carbocycles. The lowest BCUT2D eigenvalue weighted by Crippen LogP contribution is -2.44. The van der Waals surface area contributed by atoms with E-state index in [-0.39, 0.29) is 5.54 Å². The summed E-state index contributed by atoms with van der Waals surface area (Å²) < 4.78 is 10.5. The largest absolute Gasteiger partial charge is 0.385 e. The van der Waals surface area contributed by atoms with Crippen LogP contribution in [0.15, 0.2) is 0 Å². The Balaban J connectivity index is 2.03. The molecule has 0 unspecified atom stereocenters. The molecule has 0 amide bonds. The fraction of sp³-hybridized carbons (Fsp3) is 1.00. The molecule has 0 radical (unpaired) electrons. The first-order valence-corrected chi connectivity index (χ1v) is 6.52. The summed E-state index contributed by atoms with van der Waals surface area (Å²) in [5.41, 5.74) is 6.41. The number of nitrogens with two attached hydrogens (primary N) is 1. The Hall–Kier alpha value is -0.120. The fourth-order valence-corrected chi connectivity index (χ4v) is 2.27. The third-order valence-corrected chi connectivity index (χ3v) is 3.65. The molecule has 0 bridgehead atoms. The van der Waals surface area contributed by atoms with Crippen LogP contribution >= 0.6 is 0 Å². The molecule has 0 atom stereocenters. The first-order chi connectivity index (χ1) is 7.66. The SMILES string of the molecule is COCCCOCCC1(N)CCC(C)CC1. The molecule has 16 heavy (non-hydrogen) atoms. The maximum Gasteiger partial charge on any atom is 0.0487 e. The molecule has 0 aromatic heterocycles. The van der Waals surface area contributed by atoms with Crippen molar-refractivity contribution in [1.29, 1.82) is 0 Å². The summed E-state index contributed by atoms with van der Waals surface area (Å²) in [5, 5.41) is 0. The number of hydrogen-bond donors (Lipinski definition) is 1. The maximum atomic E-state index is 6.36. The molecular formula is C13H27NO2. The molecule has 2 N–H and O–H groups in total. The standard InChI is InChI=1S/C13H27NO2/c1-12-4-6-13(14,7-5-12)8-11-16-10-3-9-15-2/h12H,3-11,14H2,1-2H3. The van der Waals surface area contributed by atoms with E-state index in [2.05, 4.69) is 6.92 Å². The first kappa shape index (κ1) is 13.9. The van der Waals surface area contributed by atoms with Crippen LogP contribution in [0.2, 0.25) is 0 Å². The number of rotatable bonds is 7. The molecule has 1 saturated carbocycles. The lowest BCUT2D eigenvalue weighted by atomic mass is 9.76. The van der Waals surface area contributed by atoms with Gasteiger partial charge in [0.1, 0.15) is 0 Å². The van der Waals surface area contributed by atoms with Crippen LogP contribution < -0.4 is 5.73 Å². The van der Waals surface area contributed by atoms with Gasteiger partial charge in [0.25, 0.3) is 0 Å². The Kier molecular flexibility index (Phi) is 6.32. The van der Waals surface area contributed by atoms with Crippen molar-refractivity contribution >= 4 is 0 Å². The van der Waals surface area contributed by atoms with Crippen LogP contribution in [0.3, 0.4) is 0 Å². The minimum atomic E-state index is 0.0494. The second-order valence-corrected chi connectivity index (χ2v) is 5.25. The van der Waals surface area contributed by atoms with Crippen molar-refractivity contribution in [2.45, 2.75) is 51.0 Å². The van der Waals surface area contributed by atoms with Gasteiger partial charge in [-0.05, 0) is 44.4 Å². The highest BCUT2D eigenvalue weighted by atomic mass is 16.5. The Morgan fingerprint density at radius 3 is 2.50 bits per heavy atom. The van der Waals surface area contributed by atoms with Crippen LogP contribution in [-0.4, -0.2) is 32.5 Å². The molecule has 1 aliphatic rings. The third-order valence-electron chi connectivity index (χ3n) is 3.65. The van der Waals surface area contributed by atoms with E-state index < -0.39 is 0 Å². The summed E-state index contributed by atoms with van der Waals surface area (Å²) in [6, 6.07) is 0. The van der Waals surface area contributed by atoms with Crippen LogP contribution in [0, 0.1) is 5.92 Å². The van der Waals surface area contributed by atoms with E-state index in [1.807, 2.05) is 0 Å². The smallest absolute Gasteiger partial charge is 0.0487 e. The van der Waals surface area contributed by atoms with Crippen LogP contribution in [0.25, 0.3) is 0 Å². The van der Waals surface area contributed by atoms with Crippen molar-refractivity contribution in [2.24, 2.45) is 11.7 Å². The van der Waals surface area contributed by atoms with E-state index in [0.717, 1.165) is 51.4 Å². The maximum absolute atomic E-state index is 6.36. The van der Waals surface area contributed by atoms with Gasteiger partial charge in [0.05, 0.1) is 0 Å². The molecule has 0 saturated heterocycles. The predicted molar refractivity (Wildman–Crippen MR) is 66.5 cm³/mol. The molecule has 1 fully saturated rings. The number of hydrogen-bond acceptors (Lipinski definition) is 3. The molecule has 1 rings (SSSR count). The molecule has 0 aromatic carbocycles. The summed E-state index contributed by atoms with van der Waals surface area (Å²) in [5.74, 6) is 0.860. The van der Waals surface area contributed by atoms with Gasteiger partial charge in [-0.3, -0.25) is 0 Å². The molecule has 0 heterocycles. The normalized spacial score (nSPS) is 30.6. The van der Waals surface area contributed by atoms with E-state index in [9.17, 15) is 0 Å². The second-order valence-electron chi connectivity index (χ2n) is 5.25. The average Bonchev–Trinajstić information content (AvgIpc) is 2.28. The molecule has 3 heteroatoms. The van der Waals surface area contributed by atoms with Gasteiger partial charge in [0.15, 0.2) is 0 Å². The predicted octanol–water partition coefficient (Wildman–Crippen LogP) is 2.34. The molecule has 3 nitrogen and oxygen atoms in total. The third kappa shape index (κ3) is 5.28. The van der Waals surface area contributed by atoms with Gasteiger partial charge in [-0.2, -0.15) is 0 Å². The summed E-state index contributed by atoms with van der Waals surface area (Å²) >= 11 is 0. The van der Waals surface area contributed by atoms with E-state index in [1.54, 1.807) is 7.11 Å².